The first-order valence-corrected chi connectivity index (χ1v) is 5.74. The molecule has 0 aromatic heterocycles. The number of rotatable bonds is 3. The Kier molecular flexibility index (Phi) is 4.40. The molecule has 2 heteroatoms. The second-order valence-electron chi connectivity index (χ2n) is 7.41. The maximum Gasteiger partial charge on any atom is 0.0672 e. The van der Waals surface area contributed by atoms with Crippen molar-refractivity contribution in [1.29, 1.82) is 0 Å². The van der Waals surface area contributed by atoms with Crippen molar-refractivity contribution in [2.45, 2.75) is 67.0 Å². The molecule has 0 aromatic rings. The minimum absolute atomic E-state index is 0.142. The standard InChI is InChI=1S/C13H29NO/c1-11(2,3)10(12(4,5)6)15-9-13(7,8)14/h10H,9,14H2,1-8H3. The SMILES string of the molecule is CC(C)(N)COC(C(C)(C)C)C(C)(C)C. The van der Waals surface area contributed by atoms with Crippen LogP contribution in [0.1, 0.15) is 55.4 Å². The van der Waals surface area contributed by atoms with Gasteiger partial charge < -0.3 is 10.5 Å². The summed E-state index contributed by atoms with van der Waals surface area (Å²) in [6, 6.07) is 0. The van der Waals surface area contributed by atoms with Gasteiger partial charge in [0.2, 0.25) is 0 Å². The highest BCUT2D eigenvalue weighted by Crippen LogP contribution is 2.36. The summed E-state index contributed by atoms with van der Waals surface area (Å²) in [6.07, 6.45) is 0.216. The lowest BCUT2D eigenvalue weighted by Crippen LogP contribution is -2.46. The first kappa shape index (κ1) is 14.9. The molecular formula is C13H29NO. The molecule has 0 heterocycles. The van der Waals surface area contributed by atoms with Crippen LogP contribution in [0, 0.1) is 10.8 Å². The Labute approximate surface area is 95.6 Å². The van der Waals surface area contributed by atoms with E-state index < -0.39 is 0 Å². The molecule has 0 unspecified atom stereocenters. The van der Waals surface area contributed by atoms with Crippen molar-refractivity contribution in [3.05, 3.63) is 0 Å². The minimum Gasteiger partial charge on any atom is -0.375 e. The Morgan fingerprint density at radius 1 is 0.867 bits per heavy atom. The van der Waals surface area contributed by atoms with Gasteiger partial charge >= 0.3 is 0 Å². The lowest BCUT2D eigenvalue weighted by atomic mass is 9.74. The predicted molar refractivity (Wildman–Crippen MR) is 66.9 cm³/mol. The third kappa shape index (κ3) is 6.16. The van der Waals surface area contributed by atoms with Gasteiger partial charge in [-0.05, 0) is 24.7 Å². The van der Waals surface area contributed by atoms with Crippen LogP contribution in [0.2, 0.25) is 0 Å². The molecule has 2 N–H and O–H groups in total. The van der Waals surface area contributed by atoms with Crippen molar-refractivity contribution in [3.8, 4) is 0 Å². The van der Waals surface area contributed by atoms with Crippen molar-refractivity contribution in [1.82, 2.24) is 0 Å². The first-order chi connectivity index (χ1) is 6.34. The van der Waals surface area contributed by atoms with Gasteiger partial charge in [-0.3, -0.25) is 0 Å². The molecule has 0 amide bonds. The van der Waals surface area contributed by atoms with Crippen LogP contribution in [-0.4, -0.2) is 18.2 Å². The predicted octanol–water partition coefficient (Wildman–Crippen LogP) is 3.20. The summed E-state index contributed by atoms with van der Waals surface area (Å²) in [6.45, 7) is 17.9. The lowest BCUT2D eigenvalue weighted by Gasteiger charge is -2.41. The first-order valence-electron chi connectivity index (χ1n) is 5.74. The summed E-state index contributed by atoms with van der Waals surface area (Å²) in [5.74, 6) is 0. The Morgan fingerprint density at radius 2 is 1.20 bits per heavy atom. The number of ether oxygens (including phenoxy) is 1. The molecule has 0 spiro atoms. The largest absolute Gasteiger partial charge is 0.375 e. The number of nitrogens with two attached hydrogens (primary N) is 1. The van der Waals surface area contributed by atoms with Crippen molar-refractivity contribution >= 4 is 0 Å². The average Bonchev–Trinajstić information content (AvgIpc) is 1.75. The van der Waals surface area contributed by atoms with E-state index in [1.54, 1.807) is 0 Å². The highest BCUT2D eigenvalue weighted by molar-refractivity contribution is 4.86. The quantitative estimate of drug-likeness (QED) is 0.784. The molecule has 92 valence electrons. The zero-order chi connectivity index (χ0) is 12.5. The molecule has 2 nitrogen and oxygen atoms in total. The molecular weight excluding hydrogens is 186 g/mol. The zero-order valence-corrected chi connectivity index (χ0v) is 11.8. The van der Waals surface area contributed by atoms with Gasteiger partial charge in [-0.1, -0.05) is 41.5 Å². The second kappa shape index (κ2) is 4.42. The molecule has 0 aliphatic rings. The van der Waals surface area contributed by atoms with Crippen molar-refractivity contribution in [2.75, 3.05) is 6.61 Å². The van der Waals surface area contributed by atoms with Gasteiger partial charge in [-0.15, -0.1) is 0 Å². The van der Waals surface area contributed by atoms with Crippen LogP contribution < -0.4 is 5.73 Å². The van der Waals surface area contributed by atoms with E-state index in [4.69, 9.17) is 10.5 Å². The number of hydrogen-bond donors (Lipinski definition) is 1. The lowest BCUT2D eigenvalue weighted by molar-refractivity contribution is -0.0929. The molecule has 0 aromatic carbocycles. The minimum atomic E-state index is -0.255. The second-order valence-corrected chi connectivity index (χ2v) is 7.41. The van der Waals surface area contributed by atoms with Gasteiger partial charge in [-0.2, -0.15) is 0 Å². The molecule has 0 rings (SSSR count). The van der Waals surface area contributed by atoms with Crippen LogP contribution in [0.25, 0.3) is 0 Å². The van der Waals surface area contributed by atoms with Gasteiger partial charge in [0.15, 0.2) is 0 Å². The summed E-state index contributed by atoms with van der Waals surface area (Å²) >= 11 is 0. The fourth-order valence-corrected chi connectivity index (χ4v) is 2.10. The van der Waals surface area contributed by atoms with Crippen molar-refractivity contribution < 1.29 is 4.74 Å². The monoisotopic (exact) mass is 215 g/mol. The van der Waals surface area contributed by atoms with Gasteiger partial charge in [0.1, 0.15) is 0 Å². The van der Waals surface area contributed by atoms with E-state index in [1.807, 2.05) is 13.8 Å². The van der Waals surface area contributed by atoms with E-state index in [2.05, 4.69) is 41.5 Å². The molecule has 0 radical (unpaired) electrons. The normalized spacial score (nSPS) is 14.8. The Morgan fingerprint density at radius 3 is 1.40 bits per heavy atom. The van der Waals surface area contributed by atoms with E-state index in [0.29, 0.717) is 6.61 Å². The van der Waals surface area contributed by atoms with Gasteiger partial charge in [0, 0.05) is 5.54 Å². The molecule has 0 saturated heterocycles. The molecule has 0 aliphatic carbocycles. The van der Waals surface area contributed by atoms with Gasteiger partial charge in [-0.25, -0.2) is 0 Å². The van der Waals surface area contributed by atoms with E-state index in [9.17, 15) is 0 Å². The summed E-state index contributed by atoms with van der Waals surface area (Å²) in [4.78, 5) is 0. The molecule has 0 fully saturated rings. The van der Waals surface area contributed by atoms with Crippen LogP contribution in [0.3, 0.4) is 0 Å². The fourth-order valence-electron chi connectivity index (χ4n) is 2.10. The van der Waals surface area contributed by atoms with Crippen LogP contribution in [0.15, 0.2) is 0 Å². The molecule has 0 saturated carbocycles. The summed E-state index contributed by atoms with van der Waals surface area (Å²) in [5.41, 5.74) is 5.97. The third-order valence-corrected chi connectivity index (χ3v) is 2.20. The molecule has 0 atom stereocenters. The Balaban J connectivity index is 4.56. The van der Waals surface area contributed by atoms with Gasteiger partial charge in [0.05, 0.1) is 12.7 Å². The van der Waals surface area contributed by atoms with Crippen LogP contribution in [-0.2, 0) is 4.74 Å². The Hall–Kier alpha value is -0.0800. The maximum absolute atomic E-state index is 6.01. The highest BCUT2D eigenvalue weighted by Gasteiger charge is 2.36. The Bertz CT molecular complexity index is 176. The van der Waals surface area contributed by atoms with E-state index >= 15 is 0 Å². The summed E-state index contributed by atoms with van der Waals surface area (Å²) in [5, 5.41) is 0. The topological polar surface area (TPSA) is 35.2 Å². The van der Waals surface area contributed by atoms with Crippen molar-refractivity contribution in [3.63, 3.8) is 0 Å². The van der Waals surface area contributed by atoms with Crippen molar-refractivity contribution in [2.24, 2.45) is 16.6 Å². The molecule has 0 bridgehead atoms. The third-order valence-electron chi connectivity index (χ3n) is 2.20. The summed E-state index contributed by atoms with van der Waals surface area (Å²) < 4.78 is 6.01. The van der Waals surface area contributed by atoms with E-state index in [0.717, 1.165) is 0 Å². The smallest absolute Gasteiger partial charge is 0.0672 e. The average molecular weight is 215 g/mol. The number of hydrogen-bond acceptors (Lipinski definition) is 2. The molecule has 0 aliphatic heterocycles. The van der Waals surface area contributed by atoms with E-state index in [1.165, 1.54) is 0 Å². The van der Waals surface area contributed by atoms with Gasteiger partial charge in [0.25, 0.3) is 0 Å². The van der Waals surface area contributed by atoms with Crippen LogP contribution >= 0.6 is 0 Å². The highest BCUT2D eigenvalue weighted by atomic mass is 16.5. The zero-order valence-electron chi connectivity index (χ0n) is 11.8. The fraction of sp³-hybridized carbons (Fsp3) is 1.00. The maximum atomic E-state index is 6.01. The molecule has 15 heavy (non-hydrogen) atoms. The summed E-state index contributed by atoms with van der Waals surface area (Å²) in [7, 11) is 0. The van der Waals surface area contributed by atoms with Crippen LogP contribution in [0.5, 0.6) is 0 Å². The van der Waals surface area contributed by atoms with E-state index in [-0.39, 0.29) is 22.5 Å². The van der Waals surface area contributed by atoms with Crippen LogP contribution in [0.4, 0.5) is 0 Å².